The largest absolute Gasteiger partial charge is 0.392 e. The van der Waals surface area contributed by atoms with Crippen molar-refractivity contribution in [2.75, 3.05) is 32.2 Å². The van der Waals surface area contributed by atoms with Crippen molar-refractivity contribution in [2.24, 2.45) is 11.8 Å². The Morgan fingerprint density at radius 1 is 1.30 bits per heavy atom. The van der Waals surface area contributed by atoms with Crippen LogP contribution in [0.2, 0.25) is 0 Å². The first-order valence-corrected chi connectivity index (χ1v) is 12.6. The molecule has 8 atom stereocenters. The van der Waals surface area contributed by atoms with E-state index in [0.29, 0.717) is 26.0 Å². The maximum atomic E-state index is 13.0. The first kappa shape index (κ1) is 24.3. The lowest BCUT2D eigenvalue weighted by atomic mass is 9.56. The summed E-state index contributed by atoms with van der Waals surface area (Å²) in [6.07, 6.45) is -0.133. The van der Waals surface area contributed by atoms with Crippen molar-refractivity contribution in [1.29, 1.82) is 0 Å². The highest BCUT2D eigenvalue weighted by Gasteiger charge is 2.65. The number of aliphatic hydroxyl groups excluding tert-OH is 1. The second kappa shape index (κ2) is 9.09. The summed E-state index contributed by atoms with van der Waals surface area (Å²) in [6.45, 7) is 5.81. The molecule has 2 fully saturated rings. The molecule has 0 aromatic heterocycles. The minimum absolute atomic E-state index is 0.0498. The van der Waals surface area contributed by atoms with Crippen LogP contribution in [0.4, 0.5) is 5.69 Å². The first-order chi connectivity index (χ1) is 15.6. The topological polar surface area (TPSA) is 96.4 Å². The van der Waals surface area contributed by atoms with E-state index >= 15 is 0 Å². The van der Waals surface area contributed by atoms with E-state index in [1.54, 1.807) is 23.8 Å². The highest BCUT2D eigenvalue weighted by molar-refractivity contribution is 7.80. The molecule has 1 N–H and O–H groups in total. The minimum Gasteiger partial charge on any atom is -0.392 e. The Bertz CT molecular complexity index is 957. The number of nitrogens with zero attached hydrogens (tertiary/aromatic N) is 2. The number of amides is 2. The molecule has 0 bridgehead atoms. The van der Waals surface area contributed by atoms with Gasteiger partial charge in [-0.1, -0.05) is 18.2 Å². The van der Waals surface area contributed by atoms with Crippen LogP contribution in [-0.4, -0.2) is 76.8 Å². The third-order valence-corrected chi connectivity index (χ3v) is 9.58. The number of rotatable bonds is 5. The summed E-state index contributed by atoms with van der Waals surface area (Å²) in [5.74, 6) is -0.423. The van der Waals surface area contributed by atoms with Gasteiger partial charge in [-0.05, 0) is 37.3 Å². The van der Waals surface area contributed by atoms with Crippen molar-refractivity contribution in [3.63, 3.8) is 0 Å². The number of hydrogen-bond donors (Lipinski definition) is 1. The molecule has 4 rings (SSSR count). The van der Waals surface area contributed by atoms with Crippen molar-refractivity contribution >= 4 is 28.6 Å². The average Bonchev–Trinajstić information content (AvgIpc) is 3.09. The fraction of sp³-hybridized carbons (Fsp3) is 0.667. The summed E-state index contributed by atoms with van der Waals surface area (Å²) >= 11 is -1.58. The molecule has 2 amide bonds. The van der Waals surface area contributed by atoms with Gasteiger partial charge in [0.1, 0.15) is 0 Å². The van der Waals surface area contributed by atoms with E-state index < -0.39 is 27.8 Å². The number of ether oxygens (including phenoxy) is 1. The molecule has 33 heavy (non-hydrogen) atoms. The normalized spacial score (nSPS) is 35.9. The lowest BCUT2D eigenvalue weighted by Crippen LogP contribution is -2.67. The lowest BCUT2D eigenvalue weighted by Gasteiger charge is -2.56. The fourth-order valence-corrected chi connectivity index (χ4v) is 7.69. The van der Waals surface area contributed by atoms with Crippen LogP contribution in [0.15, 0.2) is 24.3 Å². The summed E-state index contributed by atoms with van der Waals surface area (Å²) in [4.78, 5) is 28.4. The zero-order valence-corrected chi connectivity index (χ0v) is 20.7. The smallest absolute Gasteiger partial charge is 0.224 e. The quantitative estimate of drug-likeness (QED) is 0.691. The standard InChI is InChI=1S/C24H34N2O6S/c1-14-22(33(30)31-5)17-12-21(29)24(10-11-25(4)15(2)27)19-8-6-7-9-20(19)26(16(3)28)23(24)18(17)13-32-14/h6-9,14,17-18,21-23,29H,10-13H2,1-5H3/t14-,17?,18?,21?,22?,23+,24?,33?/m1/s1. The Balaban J connectivity index is 1.85. The molecule has 2 heterocycles. The van der Waals surface area contributed by atoms with Crippen LogP contribution >= 0.6 is 0 Å². The van der Waals surface area contributed by atoms with Gasteiger partial charge in [0.2, 0.25) is 11.8 Å². The van der Waals surface area contributed by atoms with E-state index in [4.69, 9.17) is 8.92 Å². The Kier molecular flexibility index (Phi) is 6.70. The molecule has 1 aromatic rings. The lowest BCUT2D eigenvalue weighted by molar-refractivity contribution is -0.131. The number of anilines is 1. The predicted molar refractivity (Wildman–Crippen MR) is 125 cm³/mol. The molecule has 6 unspecified atom stereocenters. The second-order valence-electron chi connectivity index (χ2n) is 9.59. The average molecular weight is 479 g/mol. The van der Waals surface area contributed by atoms with Crippen molar-refractivity contribution in [2.45, 2.75) is 62.5 Å². The van der Waals surface area contributed by atoms with Gasteiger partial charge in [-0.15, -0.1) is 0 Å². The fourth-order valence-electron chi connectivity index (χ4n) is 6.48. The number of hydrogen-bond acceptors (Lipinski definition) is 6. The van der Waals surface area contributed by atoms with E-state index in [2.05, 4.69) is 0 Å². The summed E-state index contributed by atoms with van der Waals surface area (Å²) in [7, 11) is 3.17. The summed E-state index contributed by atoms with van der Waals surface area (Å²) in [5, 5.41) is 11.4. The zero-order valence-electron chi connectivity index (χ0n) is 19.9. The van der Waals surface area contributed by atoms with Crippen molar-refractivity contribution in [1.82, 2.24) is 4.90 Å². The Morgan fingerprint density at radius 3 is 2.64 bits per heavy atom. The molecule has 2 aliphatic heterocycles. The van der Waals surface area contributed by atoms with E-state index in [0.717, 1.165) is 11.3 Å². The molecule has 8 nitrogen and oxygen atoms in total. The van der Waals surface area contributed by atoms with Gasteiger partial charge in [0.25, 0.3) is 0 Å². The molecule has 0 spiro atoms. The molecule has 3 aliphatic rings. The zero-order chi connectivity index (χ0) is 24.1. The van der Waals surface area contributed by atoms with Gasteiger partial charge in [-0.3, -0.25) is 13.8 Å². The van der Waals surface area contributed by atoms with Crippen LogP contribution in [0.5, 0.6) is 0 Å². The van der Waals surface area contributed by atoms with Crippen LogP contribution < -0.4 is 4.90 Å². The number of benzene rings is 1. The number of para-hydroxylation sites is 1. The maximum absolute atomic E-state index is 13.0. The number of carbonyl (C=O) groups excluding carboxylic acids is 2. The predicted octanol–water partition coefficient (Wildman–Crippen LogP) is 1.62. The molecular weight excluding hydrogens is 444 g/mol. The van der Waals surface area contributed by atoms with Gasteiger partial charge in [0.05, 0.1) is 37.2 Å². The monoisotopic (exact) mass is 478 g/mol. The molecule has 182 valence electrons. The van der Waals surface area contributed by atoms with Gasteiger partial charge < -0.3 is 19.6 Å². The SMILES string of the molecule is COS(=O)C1C2CC(O)C3(CCN(C)C(C)=O)c4ccccc4N(C(C)=O)[C@H]3C2CO[C@@H]1C. The van der Waals surface area contributed by atoms with Gasteiger partial charge in [-0.2, -0.15) is 0 Å². The molecule has 1 saturated heterocycles. The Hall–Kier alpha value is -1.81. The van der Waals surface area contributed by atoms with Crippen molar-refractivity contribution in [3.05, 3.63) is 29.8 Å². The third kappa shape index (κ3) is 3.73. The molecule has 0 radical (unpaired) electrons. The first-order valence-electron chi connectivity index (χ1n) is 11.5. The highest BCUT2D eigenvalue weighted by Crippen LogP contribution is 2.59. The molecule has 9 heteroatoms. The van der Waals surface area contributed by atoms with Crippen molar-refractivity contribution < 1.29 is 27.8 Å². The summed E-state index contributed by atoms with van der Waals surface area (Å²) < 4.78 is 24.1. The molecule has 1 saturated carbocycles. The second-order valence-corrected chi connectivity index (χ2v) is 11.0. The van der Waals surface area contributed by atoms with Crippen LogP contribution in [0.1, 0.15) is 39.2 Å². The Labute approximate surface area is 197 Å². The van der Waals surface area contributed by atoms with E-state index in [-0.39, 0.29) is 35.8 Å². The van der Waals surface area contributed by atoms with Gasteiger partial charge in [0.15, 0.2) is 11.1 Å². The number of carbonyl (C=O) groups is 2. The van der Waals surface area contributed by atoms with Crippen LogP contribution in [-0.2, 0) is 35.0 Å². The maximum Gasteiger partial charge on any atom is 0.224 e. The minimum atomic E-state index is -1.58. The molecular formula is C24H34N2O6S. The van der Waals surface area contributed by atoms with Crippen LogP contribution in [0.25, 0.3) is 0 Å². The summed E-state index contributed by atoms with van der Waals surface area (Å²) in [6, 6.07) is 7.36. The molecule has 1 aliphatic carbocycles. The van der Waals surface area contributed by atoms with Crippen LogP contribution in [0.3, 0.4) is 0 Å². The van der Waals surface area contributed by atoms with Gasteiger partial charge in [0, 0.05) is 44.5 Å². The number of fused-ring (bicyclic) bond motifs is 5. The van der Waals surface area contributed by atoms with E-state index in [1.165, 1.54) is 14.0 Å². The van der Waals surface area contributed by atoms with Crippen LogP contribution in [0, 0.1) is 11.8 Å². The third-order valence-electron chi connectivity index (χ3n) is 8.08. The highest BCUT2D eigenvalue weighted by atomic mass is 32.2. The van der Waals surface area contributed by atoms with Gasteiger partial charge in [-0.25, -0.2) is 4.21 Å². The summed E-state index contributed by atoms with van der Waals surface area (Å²) in [5.41, 5.74) is 0.968. The van der Waals surface area contributed by atoms with Crippen molar-refractivity contribution in [3.8, 4) is 0 Å². The number of aliphatic hydroxyl groups is 1. The molecule has 1 aromatic carbocycles. The van der Waals surface area contributed by atoms with E-state index in [9.17, 15) is 18.9 Å². The van der Waals surface area contributed by atoms with Gasteiger partial charge >= 0.3 is 0 Å². The van der Waals surface area contributed by atoms with E-state index in [1.807, 2.05) is 31.2 Å². The Morgan fingerprint density at radius 2 is 2.00 bits per heavy atom.